The largest absolute Gasteiger partial charge is 0.352 e. The fourth-order valence-electron chi connectivity index (χ4n) is 3.71. The topological polar surface area (TPSA) is 49.4 Å². The third-order valence-electron chi connectivity index (χ3n) is 5.50. The first kappa shape index (κ1) is 28.4. The van der Waals surface area contributed by atoms with Gasteiger partial charge in [0.25, 0.3) is 0 Å². The van der Waals surface area contributed by atoms with Crippen molar-refractivity contribution < 1.29 is 9.59 Å². The highest BCUT2D eigenvalue weighted by Gasteiger charge is 2.31. The Hall–Kier alpha value is -2.18. The number of hydrogen-bond donors (Lipinski definition) is 1. The van der Waals surface area contributed by atoms with E-state index in [0.717, 1.165) is 16.7 Å². The monoisotopic (exact) mass is 562 g/mol. The molecule has 1 unspecified atom stereocenters. The van der Waals surface area contributed by atoms with Crippen molar-refractivity contribution in [1.29, 1.82) is 0 Å². The minimum atomic E-state index is -0.696. The number of hydrogen-bond acceptors (Lipinski definition) is 3. The second-order valence-corrected chi connectivity index (χ2v) is 10.9. The molecule has 0 aliphatic heterocycles. The average molecular weight is 564 g/mol. The summed E-state index contributed by atoms with van der Waals surface area (Å²) in [5, 5.41) is 4.67. The fourth-order valence-corrected chi connectivity index (χ4v) is 5.38. The predicted octanol–water partition coefficient (Wildman–Crippen LogP) is 7.04. The molecule has 2 amide bonds. The van der Waals surface area contributed by atoms with Crippen molar-refractivity contribution in [1.82, 2.24) is 10.2 Å². The van der Waals surface area contributed by atoms with E-state index in [-0.39, 0.29) is 30.2 Å². The molecule has 1 N–H and O–H groups in total. The van der Waals surface area contributed by atoms with Crippen LogP contribution in [0.4, 0.5) is 0 Å². The number of nitrogens with zero attached hydrogens (tertiary/aromatic N) is 1. The van der Waals surface area contributed by atoms with Gasteiger partial charge in [-0.2, -0.15) is 0 Å². The third-order valence-corrected chi connectivity index (χ3v) is 7.42. The van der Waals surface area contributed by atoms with Crippen molar-refractivity contribution >= 4 is 58.4 Å². The Morgan fingerprint density at radius 2 is 1.58 bits per heavy atom. The Bertz CT molecular complexity index is 1170. The molecule has 3 aromatic rings. The van der Waals surface area contributed by atoms with Gasteiger partial charge >= 0.3 is 0 Å². The lowest BCUT2D eigenvalue weighted by molar-refractivity contribution is -0.139. The SMILES string of the molecule is CC(C)NC(=O)C(Cc1ccccc1)N(Cc1ccccc1Cl)C(=O)CSCc1ccc(Cl)cc1Cl. The fraction of sp³-hybridized carbons (Fsp3) is 0.286. The standard InChI is InChI=1S/C28H29Cl3N2O2S/c1-19(2)32-28(35)26(14-20-8-4-3-5-9-20)33(16-21-10-6-7-11-24(21)30)27(34)18-36-17-22-12-13-23(29)15-25(22)31/h3-13,15,19,26H,14,16-18H2,1-2H3,(H,32,35). The molecule has 0 radical (unpaired) electrons. The van der Waals surface area contributed by atoms with Gasteiger partial charge in [-0.3, -0.25) is 9.59 Å². The van der Waals surface area contributed by atoms with E-state index in [2.05, 4.69) is 5.32 Å². The van der Waals surface area contributed by atoms with Crippen molar-refractivity contribution in [2.45, 2.75) is 44.6 Å². The van der Waals surface area contributed by atoms with Crippen LogP contribution in [-0.2, 0) is 28.3 Å². The summed E-state index contributed by atoms with van der Waals surface area (Å²) < 4.78 is 0. The molecular formula is C28H29Cl3N2O2S. The average Bonchev–Trinajstić information content (AvgIpc) is 2.84. The first-order valence-corrected chi connectivity index (χ1v) is 13.9. The Morgan fingerprint density at radius 1 is 0.889 bits per heavy atom. The van der Waals surface area contributed by atoms with Crippen LogP contribution in [0.2, 0.25) is 15.1 Å². The van der Waals surface area contributed by atoms with E-state index >= 15 is 0 Å². The lowest BCUT2D eigenvalue weighted by atomic mass is 10.0. The van der Waals surface area contributed by atoms with Crippen LogP contribution in [0.3, 0.4) is 0 Å². The highest BCUT2D eigenvalue weighted by atomic mass is 35.5. The van der Waals surface area contributed by atoms with Gasteiger partial charge in [-0.25, -0.2) is 0 Å². The second kappa shape index (κ2) is 13.9. The maximum Gasteiger partial charge on any atom is 0.243 e. The van der Waals surface area contributed by atoms with Gasteiger partial charge in [-0.05, 0) is 48.7 Å². The second-order valence-electron chi connectivity index (χ2n) is 8.71. The molecule has 4 nitrogen and oxygen atoms in total. The molecule has 0 aliphatic rings. The molecule has 0 saturated heterocycles. The van der Waals surface area contributed by atoms with E-state index in [1.54, 1.807) is 23.1 Å². The molecule has 3 aromatic carbocycles. The zero-order valence-electron chi connectivity index (χ0n) is 20.2. The Kier molecular flexibility index (Phi) is 11.0. The molecule has 0 aliphatic carbocycles. The van der Waals surface area contributed by atoms with E-state index in [4.69, 9.17) is 34.8 Å². The van der Waals surface area contributed by atoms with Crippen LogP contribution in [0.5, 0.6) is 0 Å². The highest BCUT2D eigenvalue weighted by Crippen LogP contribution is 2.26. The Labute approximate surface area is 232 Å². The minimum absolute atomic E-state index is 0.0607. The normalized spacial score (nSPS) is 11.8. The molecule has 0 spiro atoms. The molecule has 0 fully saturated rings. The molecule has 0 bridgehead atoms. The van der Waals surface area contributed by atoms with Crippen molar-refractivity contribution in [2.75, 3.05) is 5.75 Å². The number of thioether (sulfide) groups is 1. The summed E-state index contributed by atoms with van der Waals surface area (Å²) in [5.41, 5.74) is 2.66. The summed E-state index contributed by atoms with van der Waals surface area (Å²) in [5.74, 6) is 0.386. The Morgan fingerprint density at radius 3 is 2.25 bits per heavy atom. The van der Waals surface area contributed by atoms with Gasteiger partial charge in [-0.15, -0.1) is 11.8 Å². The number of rotatable bonds is 11. The molecule has 1 atom stereocenters. The quantitative estimate of drug-likeness (QED) is 0.272. The van der Waals surface area contributed by atoms with Crippen LogP contribution >= 0.6 is 46.6 Å². The smallest absolute Gasteiger partial charge is 0.243 e. The van der Waals surface area contributed by atoms with Crippen LogP contribution in [-0.4, -0.2) is 34.6 Å². The van der Waals surface area contributed by atoms with Crippen LogP contribution in [0, 0.1) is 0 Å². The van der Waals surface area contributed by atoms with Gasteiger partial charge in [-0.1, -0.05) is 89.4 Å². The van der Waals surface area contributed by atoms with Crippen LogP contribution < -0.4 is 5.32 Å². The molecule has 8 heteroatoms. The summed E-state index contributed by atoms with van der Waals surface area (Å²) >= 11 is 20.2. The van der Waals surface area contributed by atoms with Crippen LogP contribution in [0.1, 0.15) is 30.5 Å². The molecule has 0 saturated carbocycles. The molecule has 190 valence electrons. The van der Waals surface area contributed by atoms with Gasteiger partial charge in [0, 0.05) is 39.8 Å². The lowest BCUT2D eigenvalue weighted by Gasteiger charge is -2.32. The van der Waals surface area contributed by atoms with Crippen molar-refractivity contribution in [2.24, 2.45) is 0 Å². The number of carbonyl (C=O) groups is 2. The minimum Gasteiger partial charge on any atom is -0.352 e. The van der Waals surface area contributed by atoms with Gasteiger partial charge in [0.15, 0.2) is 0 Å². The van der Waals surface area contributed by atoms with E-state index in [0.29, 0.717) is 27.2 Å². The molecule has 0 heterocycles. The van der Waals surface area contributed by atoms with Gasteiger partial charge < -0.3 is 10.2 Å². The number of nitrogens with one attached hydrogen (secondary N) is 1. The summed E-state index contributed by atoms with van der Waals surface area (Å²) in [6, 6.07) is 21.7. The van der Waals surface area contributed by atoms with E-state index in [9.17, 15) is 9.59 Å². The lowest BCUT2D eigenvalue weighted by Crippen LogP contribution is -2.52. The van der Waals surface area contributed by atoms with Crippen LogP contribution in [0.15, 0.2) is 72.8 Å². The van der Waals surface area contributed by atoms with Gasteiger partial charge in [0.1, 0.15) is 6.04 Å². The number of amides is 2. The maximum atomic E-state index is 13.6. The third kappa shape index (κ3) is 8.45. The molecule has 0 aromatic heterocycles. The van der Waals surface area contributed by atoms with Crippen molar-refractivity contribution in [3.8, 4) is 0 Å². The predicted molar refractivity (Wildman–Crippen MR) is 152 cm³/mol. The van der Waals surface area contributed by atoms with Crippen molar-refractivity contribution in [3.05, 3.63) is 105 Å². The van der Waals surface area contributed by atoms with Gasteiger partial charge in [0.2, 0.25) is 11.8 Å². The number of carbonyl (C=O) groups excluding carboxylic acids is 2. The van der Waals surface area contributed by atoms with Crippen molar-refractivity contribution in [3.63, 3.8) is 0 Å². The zero-order chi connectivity index (χ0) is 26.1. The number of halogens is 3. The maximum absolute atomic E-state index is 13.6. The number of benzene rings is 3. The summed E-state index contributed by atoms with van der Waals surface area (Å²) in [6.45, 7) is 4.04. The molecule has 3 rings (SSSR count). The van der Waals surface area contributed by atoms with Gasteiger partial charge in [0.05, 0.1) is 5.75 Å². The highest BCUT2D eigenvalue weighted by molar-refractivity contribution is 7.99. The first-order valence-electron chi connectivity index (χ1n) is 11.6. The van der Waals surface area contributed by atoms with E-state index in [1.807, 2.05) is 68.4 Å². The van der Waals surface area contributed by atoms with E-state index in [1.165, 1.54) is 11.8 Å². The Balaban J connectivity index is 1.86. The summed E-state index contributed by atoms with van der Waals surface area (Å²) in [7, 11) is 0. The van der Waals surface area contributed by atoms with Crippen LogP contribution in [0.25, 0.3) is 0 Å². The summed E-state index contributed by atoms with van der Waals surface area (Å²) in [4.78, 5) is 28.7. The van der Waals surface area contributed by atoms with E-state index < -0.39 is 6.04 Å². The zero-order valence-corrected chi connectivity index (χ0v) is 23.3. The first-order chi connectivity index (χ1) is 17.2. The molecule has 36 heavy (non-hydrogen) atoms. The molecular weight excluding hydrogens is 535 g/mol. The summed E-state index contributed by atoms with van der Waals surface area (Å²) in [6.07, 6.45) is 0.392.